The van der Waals surface area contributed by atoms with Crippen LogP contribution in [-0.2, 0) is 28.9 Å². The molecule has 6 nitrogen and oxygen atoms in total. The van der Waals surface area contributed by atoms with Crippen molar-refractivity contribution in [1.82, 2.24) is 0 Å². The van der Waals surface area contributed by atoms with E-state index in [4.69, 9.17) is 9.15 Å². The van der Waals surface area contributed by atoms with Gasteiger partial charge in [0.2, 0.25) is 0 Å². The second kappa shape index (κ2) is 8.05. The van der Waals surface area contributed by atoms with Gasteiger partial charge in [0, 0.05) is 4.88 Å². The minimum absolute atomic E-state index is 0.115. The lowest BCUT2D eigenvalue weighted by Crippen LogP contribution is -3.08. The van der Waals surface area contributed by atoms with Crippen molar-refractivity contribution in [3.05, 3.63) is 39.7 Å². The molecule has 1 aliphatic carbocycles. The van der Waals surface area contributed by atoms with E-state index in [1.165, 1.54) is 16.2 Å². The number of esters is 1. The average Bonchev–Trinajstić information content (AvgIpc) is 3.23. The van der Waals surface area contributed by atoms with Crippen LogP contribution >= 0.6 is 11.3 Å². The van der Waals surface area contributed by atoms with E-state index >= 15 is 0 Å². The summed E-state index contributed by atoms with van der Waals surface area (Å²) in [5.41, 5.74) is 1.60. The van der Waals surface area contributed by atoms with Crippen LogP contribution < -0.4 is 10.2 Å². The first-order chi connectivity index (χ1) is 12.5. The van der Waals surface area contributed by atoms with Gasteiger partial charge in [0.15, 0.2) is 12.3 Å². The number of fused-ring (bicyclic) bond motifs is 1. The van der Waals surface area contributed by atoms with Crippen LogP contribution in [0.2, 0.25) is 0 Å². The van der Waals surface area contributed by atoms with Crippen molar-refractivity contribution in [2.75, 3.05) is 25.5 Å². The number of carbonyl (C=O) groups is 2. The monoisotopic (exact) mass is 377 g/mol. The molecule has 0 aliphatic heterocycles. The summed E-state index contributed by atoms with van der Waals surface area (Å²) in [5.74, 6) is 1.27. The average molecular weight is 377 g/mol. The van der Waals surface area contributed by atoms with Crippen LogP contribution in [0.15, 0.2) is 16.5 Å². The van der Waals surface area contributed by atoms with Crippen molar-refractivity contribution < 1.29 is 23.6 Å². The van der Waals surface area contributed by atoms with Crippen LogP contribution in [0, 0.1) is 6.92 Å². The summed E-state index contributed by atoms with van der Waals surface area (Å²) < 4.78 is 10.8. The Hall–Kier alpha value is -2.12. The van der Waals surface area contributed by atoms with Crippen molar-refractivity contribution in [1.29, 1.82) is 0 Å². The number of rotatable bonds is 7. The number of hydrogen-bond donors (Lipinski definition) is 2. The Bertz CT molecular complexity index is 809. The highest BCUT2D eigenvalue weighted by Crippen LogP contribution is 2.39. The van der Waals surface area contributed by atoms with Crippen molar-refractivity contribution in [3.8, 4) is 0 Å². The van der Waals surface area contributed by atoms with Crippen LogP contribution in [0.25, 0.3) is 0 Å². The van der Waals surface area contributed by atoms with Gasteiger partial charge in [0.05, 0.1) is 19.2 Å². The fourth-order valence-corrected chi connectivity index (χ4v) is 4.59. The summed E-state index contributed by atoms with van der Waals surface area (Å²) in [6, 6.07) is 3.85. The maximum atomic E-state index is 12.5. The standard InChI is InChI=1S/C19H24N2O4S/c1-4-24-19(23)17-14-6-5-7-15(14)26-18(17)20-16(22)11-21(3)10-13-9-8-12(2)25-13/h8-9H,4-7,10-11H2,1-3H3,(H,20,22)/p+1. The summed E-state index contributed by atoms with van der Waals surface area (Å²) in [6.45, 7) is 4.94. The summed E-state index contributed by atoms with van der Waals surface area (Å²) in [6.07, 6.45) is 2.89. The molecule has 0 aromatic carbocycles. The zero-order valence-corrected chi connectivity index (χ0v) is 16.3. The second-order valence-electron chi connectivity index (χ2n) is 6.65. The summed E-state index contributed by atoms with van der Waals surface area (Å²) in [5, 5.41) is 3.55. The first-order valence-electron chi connectivity index (χ1n) is 8.96. The van der Waals surface area contributed by atoms with Crippen LogP contribution in [-0.4, -0.2) is 32.1 Å². The number of thiophene rings is 1. The molecule has 2 N–H and O–H groups in total. The van der Waals surface area contributed by atoms with Crippen LogP contribution in [0.1, 0.15) is 45.7 Å². The number of amides is 1. The van der Waals surface area contributed by atoms with Gasteiger partial charge in [-0.1, -0.05) is 0 Å². The molecule has 2 heterocycles. The summed E-state index contributed by atoms with van der Waals surface area (Å²) >= 11 is 1.50. The second-order valence-corrected chi connectivity index (χ2v) is 7.76. The largest absolute Gasteiger partial charge is 0.462 e. The first-order valence-corrected chi connectivity index (χ1v) is 9.77. The zero-order valence-electron chi connectivity index (χ0n) is 15.4. The normalized spacial score (nSPS) is 14.1. The highest BCUT2D eigenvalue weighted by molar-refractivity contribution is 7.17. The van der Waals surface area contributed by atoms with Gasteiger partial charge in [0.1, 0.15) is 17.3 Å². The maximum Gasteiger partial charge on any atom is 0.341 e. The van der Waals surface area contributed by atoms with Gasteiger partial charge in [-0.2, -0.15) is 0 Å². The van der Waals surface area contributed by atoms with Gasteiger partial charge in [-0.15, -0.1) is 11.3 Å². The topological polar surface area (TPSA) is 73.0 Å². The smallest absolute Gasteiger partial charge is 0.341 e. The number of anilines is 1. The Morgan fingerprint density at radius 3 is 2.85 bits per heavy atom. The molecule has 2 aromatic heterocycles. The molecule has 26 heavy (non-hydrogen) atoms. The molecule has 0 saturated carbocycles. The Labute approximate surface area is 157 Å². The number of ether oxygens (including phenoxy) is 1. The van der Waals surface area contributed by atoms with E-state index in [-0.39, 0.29) is 11.9 Å². The first kappa shape index (κ1) is 18.7. The lowest BCUT2D eigenvalue weighted by atomic mass is 10.1. The third-order valence-electron chi connectivity index (χ3n) is 4.39. The van der Waals surface area contributed by atoms with E-state index in [9.17, 15) is 9.59 Å². The van der Waals surface area contributed by atoms with Gasteiger partial charge >= 0.3 is 5.97 Å². The van der Waals surface area contributed by atoms with Gasteiger partial charge in [-0.3, -0.25) is 4.79 Å². The number of nitrogens with one attached hydrogen (secondary N) is 2. The van der Waals surface area contributed by atoms with Gasteiger partial charge in [-0.05, 0) is 50.8 Å². The van der Waals surface area contributed by atoms with E-state index in [0.717, 1.165) is 41.2 Å². The van der Waals surface area contributed by atoms with Gasteiger partial charge < -0.3 is 19.4 Å². The number of carbonyl (C=O) groups excluding carboxylic acids is 2. The van der Waals surface area contributed by atoms with Gasteiger partial charge in [0.25, 0.3) is 5.91 Å². The predicted octanol–water partition coefficient (Wildman–Crippen LogP) is 1.97. The summed E-state index contributed by atoms with van der Waals surface area (Å²) in [7, 11) is 1.94. The lowest BCUT2D eigenvalue weighted by Gasteiger charge is -2.13. The number of furan rings is 1. The number of likely N-dealkylation sites (N-methyl/N-ethyl adjacent to an activating group) is 1. The lowest BCUT2D eigenvalue weighted by molar-refractivity contribution is -0.886. The quantitative estimate of drug-likeness (QED) is 0.724. The van der Waals surface area contributed by atoms with E-state index in [1.807, 2.05) is 26.1 Å². The molecule has 1 aliphatic rings. The molecule has 2 aromatic rings. The van der Waals surface area contributed by atoms with E-state index < -0.39 is 0 Å². The molecule has 0 radical (unpaired) electrons. The maximum absolute atomic E-state index is 12.5. The Morgan fingerprint density at radius 1 is 1.35 bits per heavy atom. The molecular weight excluding hydrogens is 352 g/mol. The van der Waals surface area contributed by atoms with Crippen LogP contribution in [0.3, 0.4) is 0 Å². The van der Waals surface area contributed by atoms with Crippen molar-refractivity contribution in [2.24, 2.45) is 0 Å². The minimum Gasteiger partial charge on any atom is -0.462 e. The van der Waals surface area contributed by atoms with E-state index in [0.29, 0.717) is 30.3 Å². The third kappa shape index (κ3) is 4.16. The number of hydrogen-bond acceptors (Lipinski definition) is 5. The van der Waals surface area contributed by atoms with Crippen LogP contribution in [0.5, 0.6) is 0 Å². The molecule has 0 fully saturated rings. The number of aryl methyl sites for hydroxylation is 2. The van der Waals surface area contributed by atoms with Crippen LogP contribution in [0.4, 0.5) is 5.00 Å². The highest BCUT2D eigenvalue weighted by Gasteiger charge is 2.28. The van der Waals surface area contributed by atoms with E-state index in [1.54, 1.807) is 6.92 Å². The molecule has 1 amide bonds. The Morgan fingerprint density at radius 2 is 2.15 bits per heavy atom. The molecule has 3 rings (SSSR count). The number of quaternary nitrogens is 1. The fraction of sp³-hybridized carbons (Fsp3) is 0.474. The molecule has 1 atom stereocenters. The summed E-state index contributed by atoms with van der Waals surface area (Å²) in [4.78, 5) is 27.0. The Balaban J connectivity index is 1.66. The molecule has 0 spiro atoms. The van der Waals surface area contributed by atoms with E-state index in [2.05, 4.69) is 5.32 Å². The molecule has 0 bridgehead atoms. The molecule has 0 saturated heterocycles. The van der Waals surface area contributed by atoms with Crippen molar-refractivity contribution in [2.45, 2.75) is 39.7 Å². The molecule has 140 valence electrons. The molecule has 1 unspecified atom stereocenters. The van der Waals surface area contributed by atoms with Crippen molar-refractivity contribution >= 4 is 28.2 Å². The van der Waals surface area contributed by atoms with Gasteiger partial charge in [-0.25, -0.2) is 4.79 Å². The zero-order chi connectivity index (χ0) is 18.7. The highest BCUT2D eigenvalue weighted by atomic mass is 32.1. The minimum atomic E-state index is -0.339. The third-order valence-corrected chi connectivity index (χ3v) is 5.60. The fourth-order valence-electron chi connectivity index (χ4n) is 3.30. The van der Waals surface area contributed by atoms with Crippen molar-refractivity contribution in [3.63, 3.8) is 0 Å². The Kier molecular flexibility index (Phi) is 5.78. The predicted molar refractivity (Wildman–Crippen MR) is 99.8 cm³/mol. The molecule has 7 heteroatoms. The SMILES string of the molecule is CCOC(=O)c1c(NC(=O)C[NH+](C)Cc2ccc(C)o2)sc2c1CCC2. The molecular formula is C19H25N2O4S+.